The highest BCUT2D eigenvalue weighted by Crippen LogP contribution is 2.51. The van der Waals surface area contributed by atoms with Crippen LogP contribution in [0.5, 0.6) is 11.8 Å². The van der Waals surface area contributed by atoms with E-state index in [9.17, 15) is 14.4 Å². The lowest BCUT2D eigenvalue weighted by molar-refractivity contribution is -0.130. The molecule has 0 spiro atoms. The van der Waals surface area contributed by atoms with Gasteiger partial charge >= 0.3 is 6.01 Å². The van der Waals surface area contributed by atoms with Crippen molar-refractivity contribution >= 4 is 60.7 Å². The third kappa shape index (κ3) is 5.23. The van der Waals surface area contributed by atoms with Crippen molar-refractivity contribution in [2.45, 2.75) is 68.4 Å². The maximum atomic E-state index is 17.4. The first-order chi connectivity index (χ1) is 25.7. The van der Waals surface area contributed by atoms with E-state index in [1.54, 1.807) is 0 Å². The van der Waals surface area contributed by atoms with E-state index in [0.717, 1.165) is 43.6 Å². The van der Waals surface area contributed by atoms with Gasteiger partial charge in [-0.2, -0.15) is 15.2 Å². The minimum Gasteiger partial charge on any atom is -0.489 e. The third-order valence-electron chi connectivity index (χ3n) is 12.2. The number of alkyl halides is 1. The summed E-state index contributed by atoms with van der Waals surface area (Å²) in [5, 5.41) is 13.8. The molecule has 1 saturated carbocycles. The number of nitrogen functional groups attached to an aromatic ring is 1. The number of amides is 1. The monoisotopic (exact) mass is 764 g/mol. The van der Waals surface area contributed by atoms with Crippen LogP contribution in [0.2, 0.25) is 5.02 Å². The summed E-state index contributed by atoms with van der Waals surface area (Å²) in [5.41, 5.74) is 5.59. The predicted octanol–water partition coefficient (Wildman–Crippen LogP) is 5.40. The number of anilines is 2. The van der Waals surface area contributed by atoms with Crippen molar-refractivity contribution in [3.8, 4) is 29.0 Å². The number of rotatable bonds is 6. The molecule has 5 atom stereocenters. The van der Waals surface area contributed by atoms with Crippen LogP contribution < -0.4 is 25.4 Å². The normalized spacial score (nSPS) is 28.0. The Kier molecular flexibility index (Phi) is 7.71. The molecule has 276 valence electrons. The lowest BCUT2D eigenvalue weighted by Crippen LogP contribution is -2.43. The summed E-state index contributed by atoms with van der Waals surface area (Å²) >= 11 is 8.02. The molecule has 16 heteroatoms. The molecule has 10 rings (SSSR count). The molecular formula is C37H36ClF3N8O3S. The van der Waals surface area contributed by atoms with E-state index in [0.29, 0.717) is 50.8 Å². The third-order valence-corrected chi connectivity index (χ3v) is 13.6. The lowest BCUT2D eigenvalue weighted by atomic mass is 9.95. The molecule has 7 heterocycles. The first-order valence-corrected chi connectivity index (χ1v) is 19.4. The molecule has 5 aliphatic heterocycles. The Morgan fingerprint density at radius 2 is 2.04 bits per heavy atom. The molecule has 1 amide bonds. The predicted molar refractivity (Wildman–Crippen MR) is 194 cm³/mol. The van der Waals surface area contributed by atoms with Gasteiger partial charge in [0, 0.05) is 49.6 Å². The first kappa shape index (κ1) is 33.5. The Bertz CT molecular complexity index is 2270. The average Bonchev–Trinajstić information content (AvgIpc) is 4.04. The Morgan fingerprint density at radius 3 is 2.85 bits per heavy atom. The number of hydrogen-bond donors (Lipinski definition) is 2. The molecule has 0 bridgehead atoms. The van der Waals surface area contributed by atoms with Crippen LogP contribution in [0, 0.1) is 28.9 Å². The molecule has 1 aliphatic carbocycles. The molecule has 2 aromatic carbocycles. The fraction of sp³-hybridized carbons (Fsp3) is 0.514. The quantitative estimate of drug-likeness (QED) is 0.245. The topological polar surface area (TPSA) is 143 Å². The zero-order valence-corrected chi connectivity index (χ0v) is 30.2. The Balaban J connectivity index is 1.10. The van der Waals surface area contributed by atoms with E-state index in [4.69, 9.17) is 31.8 Å². The van der Waals surface area contributed by atoms with Crippen LogP contribution in [-0.2, 0) is 4.79 Å². The second kappa shape index (κ2) is 12.2. The summed E-state index contributed by atoms with van der Waals surface area (Å²) in [6.45, 7) is 2.73. The van der Waals surface area contributed by atoms with E-state index >= 15 is 8.78 Å². The minimum absolute atomic E-state index is 0.0229. The van der Waals surface area contributed by atoms with Gasteiger partial charge in [0.1, 0.15) is 53.6 Å². The summed E-state index contributed by atoms with van der Waals surface area (Å²) < 4.78 is 60.0. The largest absolute Gasteiger partial charge is 0.489 e. The summed E-state index contributed by atoms with van der Waals surface area (Å²) in [6.07, 6.45) is 3.93. The second-order valence-corrected chi connectivity index (χ2v) is 16.7. The number of halogens is 4. The number of nitrogens with one attached hydrogen (secondary N) is 1. The van der Waals surface area contributed by atoms with Crippen molar-refractivity contribution < 1.29 is 27.4 Å². The smallest absolute Gasteiger partial charge is 0.319 e. The number of nitriles is 1. The number of fused-ring (bicyclic) bond motifs is 4. The number of carbonyl (C=O) groups excluding carboxylic acids is 1. The van der Waals surface area contributed by atoms with Gasteiger partial charge in [0.15, 0.2) is 11.6 Å². The van der Waals surface area contributed by atoms with Crippen LogP contribution in [-0.4, -0.2) is 101 Å². The average molecular weight is 765 g/mol. The standard InChI is InChI=1S/C37H36ClF3N8O3S/c38-26-24(20-4-5-22(40)32-23(20)21(13-42)33(43)53-32)27(41)29-25-31(26)51-15-19-6-9-47(35(50)30-28(44-30)17-2-3-17)10-11-49(19)34(25)46-36(45-29)52-16-37-7-1-8-48(37)14-18(39)12-37/h4-5,17-19,28,30,44H,1-3,6-12,14-16,43H2/t18-,19?,28+,30-,37+/m1/s1. The van der Waals surface area contributed by atoms with Crippen molar-refractivity contribution in [3.63, 3.8) is 0 Å². The van der Waals surface area contributed by atoms with Crippen LogP contribution in [0.15, 0.2) is 12.1 Å². The number of carbonyl (C=O) groups is 1. The number of nitrogens with two attached hydrogens (primary N) is 1. The van der Waals surface area contributed by atoms with E-state index in [2.05, 4.69) is 15.2 Å². The van der Waals surface area contributed by atoms with Gasteiger partial charge in [0.05, 0.1) is 32.3 Å². The van der Waals surface area contributed by atoms with Gasteiger partial charge in [-0.05, 0) is 56.2 Å². The van der Waals surface area contributed by atoms with Crippen LogP contribution >= 0.6 is 22.9 Å². The fourth-order valence-corrected chi connectivity index (χ4v) is 10.6. The molecule has 4 saturated heterocycles. The molecule has 11 nitrogen and oxygen atoms in total. The van der Waals surface area contributed by atoms with Crippen molar-refractivity contribution in [3.05, 3.63) is 34.4 Å². The highest BCUT2D eigenvalue weighted by atomic mass is 35.5. The van der Waals surface area contributed by atoms with E-state index in [-0.39, 0.29) is 96.7 Å². The zero-order chi connectivity index (χ0) is 36.3. The number of thiophene rings is 1. The number of aromatic nitrogens is 2. The molecule has 6 aliphatic rings. The van der Waals surface area contributed by atoms with Gasteiger partial charge in [-0.25, -0.2) is 13.2 Å². The first-order valence-electron chi connectivity index (χ1n) is 18.3. The summed E-state index contributed by atoms with van der Waals surface area (Å²) in [6, 6.07) is 4.39. The minimum atomic E-state index is -0.964. The van der Waals surface area contributed by atoms with Crippen LogP contribution in [0.25, 0.3) is 32.1 Å². The zero-order valence-electron chi connectivity index (χ0n) is 28.6. The lowest BCUT2D eigenvalue weighted by Gasteiger charge is -2.31. The molecule has 1 unspecified atom stereocenters. The van der Waals surface area contributed by atoms with E-state index < -0.39 is 23.3 Å². The maximum Gasteiger partial charge on any atom is 0.319 e. The van der Waals surface area contributed by atoms with E-state index in [1.807, 2.05) is 15.9 Å². The number of ether oxygens (including phenoxy) is 2. The number of benzene rings is 2. The van der Waals surface area contributed by atoms with Gasteiger partial charge in [0.25, 0.3) is 0 Å². The summed E-state index contributed by atoms with van der Waals surface area (Å²) in [7, 11) is 0. The Labute approximate surface area is 311 Å². The molecule has 0 radical (unpaired) electrons. The van der Waals surface area contributed by atoms with Gasteiger partial charge in [0.2, 0.25) is 5.91 Å². The van der Waals surface area contributed by atoms with Crippen LogP contribution in [0.1, 0.15) is 44.1 Å². The summed E-state index contributed by atoms with van der Waals surface area (Å²) in [4.78, 5) is 29.1. The highest BCUT2D eigenvalue weighted by Gasteiger charge is 2.52. The Hall–Kier alpha value is -4.10. The molecular weight excluding hydrogens is 729 g/mol. The Morgan fingerprint density at radius 1 is 1.19 bits per heavy atom. The van der Waals surface area contributed by atoms with Gasteiger partial charge in [-0.1, -0.05) is 17.7 Å². The molecule has 2 aromatic heterocycles. The maximum absolute atomic E-state index is 17.4. The van der Waals surface area contributed by atoms with E-state index in [1.165, 1.54) is 12.1 Å². The molecule has 5 fully saturated rings. The highest BCUT2D eigenvalue weighted by molar-refractivity contribution is 7.23. The molecule has 3 N–H and O–H groups in total. The van der Waals surface area contributed by atoms with Gasteiger partial charge in [-0.3, -0.25) is 15.0 Å². The van der Waals surface area contributed by atoms with Crippen LogP contribution in [0.3, 0.4) is 0 Å². The van der Waals surface area contributed by atoms with Crippen molar-refractivity contribution in [2.24, 2.45) is 5.92 Å². The van der Waals surface area contributed by atoms with Crippen LogP contribution in [0.4, 0.5) is 24.0 Å². The van der Waals surface area contributed by atoms with Crippen molar-refractivity contribution in [1.82, 2.24) is 25.1 Å². The second-order valence-electron chi connectivity index (χ2n) is 15.3. The van der Waals surface area contributed by atoms with Gasteiger partial charge in [-0.15, -0.1) is 11.3 Å². The van der Waals surface area contributed by atoms with Gasteiger partial charge < -0.3 is 25.0 Å². The molecule has 53 heavy (non-hydrogen) atoms. The SMILES string of the molecule is N#Cc1c(N)sc2c(F)ccc(-c3c(Cl)c4c5c(nc(OC[C@@]67CCCN6C[C@H](F)C7)nc5c3F)N3CCN(C(=O)[C@@H]5N[C@H]5C5CC5)CCC3CO4)c12. The fourth-order valence-electron chi connectivity index (χ4n) is 9.31. The van der Waals surface area contributed by atoms with Crippen molar-refractivity contribution in [2.75, 3.05) is 56.6 Å². The van der Waals surface area contributed by atoms with Crippen molar-refractivity contribution in [1.29, 1.82) is 5.26 Å². The molecule has 4 aromatic rings. The number of nitrogens with zero attached hydrogens (tertiary/aromatic N) is 6. The summed E-state index contributed by atoms with van der Waals surface area (Å²) in [5.74, 6) is -0.228. The number of hydrogen-bond acceptors (Lipinski definition) is 11.